The second-order valence-electron chi connectivity index (χ2n) is 5.22. The summed E-state index contributed by atoms with van der Waals surface area (Å²) >= 11 is 5.89. The maximum Gasteiger partial charge on any atom is 0.273 e. The molecule has 0 aliphatic rings. The van der Waals surface area contributed by atoms with Crippen LogP contribution in [0, 0.1) is 0 Å². The van der Waals surface area contributed by atoms with Crippen LogP contribution in [0.1, 0.15) is 16.2 Å². The largest absolute Gasteiger partial charge is 0.496 e. The number of aromatic nitrogens is 2. The van der Waals surface area contributed by atoms with E-state index in [9.17, 15) is 9.59 Å². The molecule has 0 saturated carbocycles. The first-order chi connectivity index (χ1) is 12.1. The van der Waals surface area contributed by atoms with Crippen molar-refractivity contribution in [2.24, 2.45) is 0 Å². The summed E-state index contributed by atoms with van der Waals surface area (Å²) in [4.78, 5) is 31.5. The number of benzene rings is 2. The predicted molar refractivity (Wildman–Crippen MR) is 93.4 cm³/mol. The van der Waals surface area contributed by atoms with Crippen LogP contribution in [-0.4, -0.2) is 28.9 Å². The molecule has 0 saturated heterocycles. The molecule has 25 heavy (non-hydrogen) atoms. The van der Waals surface area contributed by atoms with Crippen molar-refractivity contribution in [3.05, 3.63) is 58.9 Å². The van der Waals surface area contributed by atoms with Crippen molar-refractivity contribution in [2.75, 3.05) is 7.11 Å². The summed E-state index contributed by atoms with van der Waals surface area (Å²) in [7, 11) is 1.44. The highest BCUT2D eigenvalue weighted by Gasteiger charge is 2.14. The summed E-state index contributed by atoms with van der Waals surface area (Å²) in [5, 5.41) is 0.388. The molecule has 3 aromatic rings. The van der Waals surface area contributed by atoms with Crippen LogP contribution >= 0.6 is 11.6 Å². The van der Waals surface area contributed by atoms with E-state index in [4.69, 9.17) is 16.3 Å². The van der Waals surface area contributed by atoms with Gasteiger partial charge in [0.25, 0.3) is 5.91 Å². The van der Waals surface area contributed by atoms with Gasteiger partial charge >= 0.3 is 0 Å². The Labute approximate surface area is 148 Å². The number of H-pyrrole nitrogens is 1. The summed E-state index contributed by atoms with van der Waals surface area (Å²) in [5.41, 5.74) is 6.53. The molecule has 0 aliphatic heterocycles. The number of carbonyl (C=O) groups excluding carboxylic acids is 2. The van der Waals surface area contributed by atoms with Gasteiger partial charge in [0.1, 0.15) is 11.6 Å². The Balaban J connectivity index is 1.62. The number of rotatable bonds is 4. The summed E-state index contributed by atoms with van der Waals surface area (Å²) in [6.45, 7) is 0. The Kier molecular flexibility index (Phi) is 4.85. The first-order valence-corrected chi connectivity index (χ1v) is 7.81. The number of methoxy groups -OCH3 is 1. The van der Waals surface area contributed by atoms with E-state index in [-0.39, 0.29) is 12.0 Å². The van der Waals surface area contributed by atoms with Crippen molar-refractivity contribution >= 4 is 34.4 Å². The topological polar surface area (TPSA) is 96.1 Å². The molecular formula is C17H15ClN4O3. The second kappa shape index (κ2) is 7.23. The maximum absolute atomic E-state index is 12.2. The van der Waals surface area contributed by atoms with E-state index in [0.717, 1.165) is 11.0 Å². The number of hydrogen-bond acceptors (Lipinski definition) is 4. The van der Waals surface area contributed by atoms with Gasteiger partial charge < -0.3 is 9.72 Å². The van der Waals surface area contributed by atoms with Crippen molar-refractivity contribution < 1.29 is 14.3 Å². The first-order valence-electron chi connectivity index (χ1n) is 7.43. The first kappa shape index (κ1) is 16.8. The number of amides is 2. The van der Waals surface area contributed by atoms with Gasteiger partial charge in [0.2, 0.25) is 5.91 Å². The Bertz CT molecular complexity index is 906. The average molecular weight is 359 g/mol. The Morgan fingerprint density at radius 3 is 2.76 bits per heavy atom. The zero-order valence-corrected chi connectivity index (χ0v) is 14.1. The van der Waals surface area contributed by atoms with Crippen LogP contribution in [0.4, 0.5) is 0 Å². The number of para-hydroxylation sites is 2. The van der Waals surface area contributed by atoms with Gasteiger partial charge in [-0.1, -0.05) is 23.7 Å². The highest BCUT2D eigenvalue weighted by Crippen LogP contribution is 2.22. The molecule has 0 unspecified atom stereocenters. The van der Waals surface area contributed by atoms with Gasteiger partial charge in [-0.15, -0.1) is 0 Å². The maximum atomic E-state index is 12.2. The standard InChI is InChI=1S/C17H15ClN4O3/c1-25-14-7-6-10(18)8-11(14)17(24)22-21-16(23)9-15-19-12-4-2-3-5-13(12)20-15/h2-8H,9H2,1H3,(H,19,20)(H,21,23)(H,22,24). The molecular weight excluding hydrogens is 344 g/mol. The summed E-state index contributed by atoms with van der Waals surface area (Å²) in [6, 6.07) is 12.1. The third-order valence-electron chi connectivity index (χ3n) is 3.49. The van der Waals surface area contributed by atoms with Crippen LogP contribution < -0.4 is 15.6 Å². The number of hydrogen-bond donors (Lipinski definition) is 3. The van der Waals surface area contributed by atoms with Crippen LogP contribution in [0.15, 0.2) is 42.5 Å². The Hall–Kier alpha value is -3.06. The van der Waals surface area contributed by atoms with Crippen LogP contribution in [0.3, 0.4) is 0 Å². The molecule has 0 atom stereocenters. The lowest BCUT2D eigenvalue weighted by Crippen LogP contribution is -2.42. The molecule has 2 aromatic carbocycles. The van der Waals surface area contributed by atoms with E-state index in [2.05, 4.69) is 20.8 Å². The minimum absolute atomic E-state index is 0.00163. The van der Waals surface area contributed by atoms with Crippen molar-refractivity contribution in [3.63, 3.8) is 0 Å². The summed E-state index contributed by atoms with van der Waals surface area (Å²) in [5.74, 6) is -0.0765. The predicted octanol–water partition coefficient (Wildman–Crippen LogP) is 2.23. The van der Waals surface area contributed by atoms with E-state index in [1.807, 2.05) is 24.3 Å². The lowest BCUT2D eigenvalue weighted by molar-refractivity contribution is -0.121. The van der Waals surface area contributed by atoms with Crippen molar-refractivity contribution in [2.45, 2.75) is 6.42 Å². The highest BCUT2D eigenvalue weighted by atomic mass is 35.5. The molecule has 0 aliphatic carbocycles. The minimum Gasteiger partial charge on any atom is -0.496 e. The Morgan fingerprint density at radius 2 is 2.00 bits per heavy atom. The number of ether oxygens (including phenoxy) is 1. The van der Waals surface area contributed by atoms with E-state index < -0.39 is 11.8 Å². The molecule has 0 bridgehead atoms. The number of hydrazine groups is 1. The van der Waals surface area contributed by atoms with E-state index in [1.54, 1.807) is 12.1 Å². The number of nitrogens with zero attached hydrogens (tertiary/aromatic N) is 1. The van der Waals surface area contributed by atoms with E-state index in [1.165, 1.54) is 13.2 Å². The molecule has 3 N–H and O–H groups in total. The fourth-order valence-corrected chi connectivity index (χ4v) is 2.51. The van der Waals surface area contributed by atoms with Crippen LogP contribution in [0.5, 0.6) is 5.75 Å². The lowest BCUT2D eigenvalue weighted by atomic mass is 10.2. The van der Waals surface area contributed by atoms with E-state index in [0.29, 0.717) is 16.6 Å². The SMILES string of the molecule is COc1ccc(Cl)cc1C(=O)NNC(=O)Cc1nc2ccccc2[nH]1. The molecule has 128 valence electrons. The molecule has 0 radical (unpaired) electrons. The van der Waals surface area contributed by atoms with Gasteiger partial charge in [-0.25, -0.2) is 4.98 Å². The molecule has 0 fully saturated rings. The van der Waals surface area contributed by atoms with Gasteiger partial charge in [-0.2, -0.15) is 0 Å². The number of nitrogens with one attached hydrogen (secondary N) is 3. The number of imidazole rings is 1. The number of halogens is 1. The summed E-state index contributed by atoms with van der Waals surface area (Å²) in [6.07, 6.45) is 0.00163. The zero-order chi connectivity index (χ0) is 17.8. The number of carbonyl (C=O) groups is 2. The smallest absolute Gasteiger partial charge is 0.273 e. The zero-order valence-electron chi connectivity index (χ0n) is 13.3. The van der Waals surface area contributed by atoms with E-state index >= 15 is 0 Å². The van der Waals surface area contributed by atoms with Gasteiger partial charge in [-0.05, 0) is 30.3 Å². The van der Waals surface area contributed by atoms with Crippen LogP contribution in [0.2, 0.25) is 5.02 Å². The van der Waals surface area contributed by atoms with Gasteiger partial charge in [0.15, 0.2) is 0 Å². The Morgan fingerprint density at radius 1 is 1.20 bits per heavy atom. The van der Waals surface area contributed by atoms with Crippen LogP contribution in [-0.2, 0) is 11.2 Å². The molecule has 8 heteroatoms. The third kappa shape index (κ3) is 3.89. The van der Waals surface area contributed by atoms with Gasteiger partial charge in [-0.3, -0.25) is 20.4 Å². The molecule has 1 heterocycles. The van der Waals surface area contributed by atoms with Crippen molar-refractivity contribution in [3.8, 4) is 5.75 Å². The summed E-state index contributed by atoms with van der Waals surface area (Å²) < 4.78 is 5.11. The number of aromatic amines is 1. The third-order valence-corrected chi connectivity index (χ3v) is 3.72. The van der Waals surface area contributed by atoms with Crippen LogP contribution in [0.25, 0.3) is 11.0 Å². The highest BCUT2D eigenvalue weighted by molar-refractivity contribution is 6.31. The quantitative estimate of drug-likeness (QED) is 0.623. The fraction of sp³-hybridized carbons (Fsp3) is 0.118. The van der Waals surface area contributed by atoms with Crippen molar-refractivity contribution in [1.29, 1.82) is 0 Å². The van der Waals surface area contributed by atoms with Gasteiger partial charge in [0, 0.05) is 5.02 Å². The second-order valence-corrected chi connectivity index (χ2v) is 5.66. The molecule has 1 aromatic heterocycles. The number of fused-ring (bicyclic) bond motifs is 1. The van der Waals surface area contributed by atoms with Crippen molar-refractivity contribution in [1.82, 2.24) is 20.8 Å². The average Bonchev–Trinajstić information content (AvgIpc) is 3.01. The molecule has 7 nitrogen and oxygen atoms in total. The minimum atomic E-state index is -0.530. The normalized spacial score (nSPS) is 10.5. The molecule has 2 amide bonds. The lowest BCUT2D eigenvalue weighted by Gasteiger charge is -2.10. The van der Waals surface area contributed by atoms with Gasteiger partial charge in [0.05, 0.1) is 30.1 Å². The fourth-order valence-electron chi connectivity index (χ4n) is 2.34. The molecule has 3 rings (SSSR count). The molecule has 0 spiro atoms. The monoisotopic (exact) mass is 358 g/mol.